The summed E-state index contributed by atoms with van der Waals surface area (Å²) in [5.74, 6) is -0.420. The predicted molar refractivity (Wildman–Crippen MR) is 72.0 cm³/mol. The first-order chi connectivity index (χ1) is 8.46. The first-order valence-electron chi connectivity index (χ1n) is 5.63. The highest BCUT2D eigenvalue weighted by Crippen LogP contribution is 2.19. The third-order valence-electron chi connectivity index (χ3n) is 2.79. The van der Waals surface area contributed by atoms with E-state index in [2.05, 4.69) is 0 Å². The Hall–Kier alpha value is -1.43. The van der Waals surface area contributed by atoms with E-state index in [1.54, 1.807) is 0 Å². The van der Waals surface area contributed by atoms with Crippen LogP contribution in [-0.2, 0) is 16.5 Å². The number of benzene rings is 2. The van der Waals surface area contributed by atoms with Crippen LogP contribution in [0, 0.1) is 0 Å². The van der Waals surface area contributed by atoms with Gasteiger partial charge in [-0.25, -0.2) is 0 Å². The normalized spacial score (nSPS) is 13.7. The molecule has 2 aromatic rings. The molecule has 1 atom stereocenters. The molecular weight excluding hydrogens is 250 g/mol. The van der Waals surface area contributed by atoms with Crippen molar-refractivity contribution in [1.29, 1.82) is 0 Å². The van der Waals surface area contributed by atoms with Crippen molar-refractivity contribution in [2.24, 2.45) is 5.73 Å². The molecule has 3 N–H and O–H groups in total. The standard InChI is InChI=1S/C13H15NO3S/c14-12(9-18(15,16)17)8-11-6-3-5-10-4-1-2-7-13(10)11/h1-7,12H,8-9,14H2,(H,15,16,17). The molecule has 0 aliphatic heterocycles. The van der Waals surface area contributed by atoms with Crippen LogP contribution in [0.3, 0.4) is 0 Å². The van der Waals surface area contributed by atoms with Gasteiger partial charge in [0, 0.05) is 6.04 Å². The molecule has 0 bridgehead atoms. The first-order valence-corrected chi connectivity index (χ1v) is 7.24. The van der Waals surface area contributed by atoms with Gasteiger partial charge in [-0.05, 0) is 22.8 Å². The summed E-state index contributed by atoms with van der Waals surface area (Å²) in [5, 5.41) is 2.15. The average molecular weight is 265 g/mol. The van der Waals surface area contributed by atoms with E-state index < -0.39 is 21.9 Å². The molecule has 1 unspecified atom stereocenters. The second-order valence-corrected chi connectivity index (χ2v) is 5.85. The van der Waals surface area contributed by atoms with Gasteiger partial charge in [0.25, 0.3) is 10.1 Å². The van der Waals surface area contributed by atoms with Gasteiger partial charge in [0.2, 0.25) is 0 Å². The van der Waals surface area contributed by atoms with Crippen LogP contribution in [0.4, 0.5) is 0 Å². The number of rotatable bonds is 4. The fraction of sp³-hybridized carbons (Fsp3) is 0.231. The summed E-state index contributed by atoms with van der Waals surface area (Å²) in [5.41, 5.74) is 6.73. The van der Waals surface area contributed by atoms with Crippen molar-refractivity contribution in [2.45, 2.75) is 12.5 Å². The molecule has 0 amide bonds. The van der Waals surface area contributed by atoms with E-state index in [-0.39, 0.29) is 0 Å². The molecule has 0 aliphatic rings. The Kier molecular flexibility index (Phi) is 3.65. The third kappa shape index (κ3) is 3.29. The Morgan fingerprint density at radius 2 is 1.78 bits per heavy atom. The molecule has 5 heteroatoms. The zero-order chi connectivity index (χ0) is 13.2. The Balaban J connectivity index is 2.27. The molecule has 0 spiro atoms. The maximum Gasteiger partial charge on any atom is 0.266 e. The lowest BCUT2D eigenvalue weighted by Crippen LogP contribution is -2.31. The minimum Gasteiger partial charge on any atom is -0.326 e. The van der Waals surface area contributed by atoms with E-state index in [0.29, 0.717) is 6.42 Å². The topological polar surface area (TPSA) is 80.4 Å². The van der Waals surface area contributed by atoms with Crippen molar-refractivity contribution in [3.63, 3.8) is 0 Å². The molecule has 0 saturated heterocycles. The van der Waals surface area contributed by atoms with Crippen LogP contribution in [0.2, 0.25) is 0 Å². The van der Waals surface area contributed by atoms with Crippen LogP contribution in [0.25, 0.3) is 10.8 Å². The van der Waals surface area contributed by atoms with Crippen molar-refractivity contribution in [3.05, 3.63) is 48.0 Å². The zero-order valence-electron chi connectivity index (χ0n) is 9.78. The lowest BCUT2D eigenvalue weighted by atomic mass is 10.00. The second-order valence-electron chi connectivity index (χ2n) is 4.35. The van der Waals surface area contributed by atoms with Crippen LogP contribution in [0.15, 0.2) is 42.5 Å². The van der Waals surface area contributed by atoms with Crippen molar-refractivity contribution in [2.75, 3.05) is 5.75 Å². The number of hydrogen-bond donors (Lipinski definition) is 2. The molecule has 2 aromatic carbocycles. The summed E-state index contributed by atoms with van der Waals surface area (Å²) >= 11 is 0. The minimum absolute atomic E-state index is 0.418. The van der Waals surface area contributed by atoms with Crippen LogP contribution in [0.1, 0.15) is 5.56 Å². The Morgan fingerprint density at radius 1 is 1.11 bits per heavy atom. The van der Waals surface area contributed by atoms with Crippen molar-refractivity contribution in [1.82, 2.24) is 0 Å². The third-order valence-corrected chi connectivity index (χ3v) is 3.64. The van der Waals surface area contributed by atoms with E-state index in [1.165, 1.54) is 0 Å². The zero-order valence-corrected chi connectivity index (χ0v) is 10.6. The van der Waals surface area contributed by atoms with E-state index in [4.69, 9.17) is 10.3 Å². The van der Waals surface area contributed by atoms with Gasteiger partial charge < -0.3 is 5.73 Å². The van der Waals surface area contributed by atoms with Crippen LogP contribution >= 0.6 is 0 Å². The van der Waals surface area contributed by atoms with Crippen LogP contribution in [0.5, 0.6) is 0 Å². The average Bonchev–Trinajstić information content (AvgIpc) is 2.27. The molecule has 96 valence electrons. The largest absolute Gasteiger partial charge is 0.326 e. The molecule has 0 fully saturated rings. The van der Waals surface area contributed by atoms with Gasteiger partial charge in [-0.3, -0.25) is 4.55 Å². The molecule has 0 aliphatic carbocycles. The van der Waals surface area contributed by atoms with Gasteiger partial charge in [-0.1, -0.05) is 42.5 Å². The first kappa shape index (κ1) is 13.0. The highest BCUT2D eigenvalue weighted by Gasteiger charge is 2.14. The number of fused-ring (bicyclic) bond motifs is 1. The summed E-state index contributed by atoms with van der Waals surface area (Å²) in [6.45, 7) is 0. The predicted octanol–water partition coefficient (Wildman–Crippen LogP) is 1.60. The van der Waals surface area contributed by atoms with Gasteiger partial charge in [0.15, 0.2) is 0 Å². The second kappa shape index (κ2) is 5.06. The quantitative estimate of drug-likeness (QED) is 0.823. The summed E-state index contributed by atoms with van der Waals surface area (Å²) in [6.07, 6.45) is 0.418. The van der Waals surface area contributed by atoms with Gasteiger partial charge in [0.05, 0.1) is 5.75 Å². The summed E-state index contributed by atoms with van der Waals surface area (Å²) in [6, 6.07) is 13.1. The van der Waals surface area contributed by atoms with Gasteiger partial charge >= 0.3 is 0 Å². The summed E-state index contributed by atoms with van der Waals surface area (Å²) in [7, 11) is -4.02. The maximum atomic E-state index is 10.8. The molecular formula is C13H15NO3S. The Bertz CT molecular complexity index is 647. The highest BCUT2D eigenvalue weighted by molar-refractivity contribution is 7.85. The highest BCUT2D eigenvalue weighted by atomic mass is 32.2. The van der Waals surface area contributed by atoms with Gasteiger partial charge in [-0.2, -0.15) is 8.42 Å². The van der Waals surface area contributed by atoms with Crippen molar-refractivity contribution >= 4 is 20.9 Å². The molecule has 0 heterocycles. The van der Waals surface area contributed by atoms with Crippen LogP contribution < -0.4 is 5.73 Å². The molecule has 0 saturated carbocycles. The smallest absolute Gasteiger partial charge is 0.266 e. The van der Waals surface area contributed by atoms with Crippen molar-refractivity contribution in [3.8, 4) is 0 Å². The molecule has 0 aromatic heterocycles. The maximum absolute atomic E-state index is 10.8. The molecule has 2 rings (SSSR count). The Labute approximate surface area is 106 Å². The summed E-state index contributed by atoms with van der Waals surface area (Å²) < 4.78 is 30.3. The minimum atomic E-state index is -4.02. The fourth-order valence-corrected chi connectivity index (χ4v) is 2.74. The number of hydrogen-bond acceptors (Lipinski definition) is 3. The van der Waals surface area contributed by atoms with Gasteiger partial charge in [-0.15, -0.1) is 0 Å². The fourth-order valence-electron chi connectivity index (χ4n) is 2.08. The van der Waals surface area contributed by atoms with E-state index in [0.717, 1.165) is 16.3 Å². The van der Waals surface area contributed by atoms with E-state index >= 15 is 0 Å². The van der Waals surface area contributed by atoms with Crippen molar-refractivity contribution < 1.29 is 13.0 Å². The lowest BCUT2D eigenvalue weighted by molar-refractivity contribution is 0.476. The Morgan fingerprint density at radius 3 is 2.50 bits per heavy atom. The monoisotopic (exact) mass is 265 g/mol. The lowest BCUT2D eigenvalue weighted by Gasteiger charge is -2.11. The number of nitrogens with two attached hydrogens (primary N) is 1. The SMILES string of the molecule is NC(Cc1cccc2ccccc12)CS(=O)(=O)O. The molecule has 18 heavy (non-hydrogen) atoms. The summed E-state index contributed by atoms with van der Waals surface area (Å²) in [4.78, 5) is 0. The van der Waals surface area contributed by atoms with E-state index in [1.807, 2.05) is 42.5 Å². The molecule has 4 nitrogen and oxygen atoms in total. The van der Waals surface area contributed by atoms with E-state index in [9.17, 15) is 8.42 Å². The van der Waals surface area contributed by atoms with Crippen LogP contribution in [-0.4, -0.2) is 24.8 Å². The van der Waals surface area contributed by atoms with Gasteiger partial charge in [0.1, 0.15) is 0 Å². The molecule has 0 radical (unpaired) electrons.